The molecule has 0 spiro atoms. The van der Waals surface area contributed by atoms with Gasteiger partial charge in [-0.15, -0.1) is 0 Å². The van der Waals surface area contributed by atoms with Crippen LogP contribution in [0.5, 0.6) is 0 Å². The van der Waals surface area contributed by atoms with Gasteiger partial charge in [0.05, 0.1) is 5.92 Å². The Bertz CT molecular complexity index is 381. The lowest BCUT2D eigenvalue weighted by Gasteiger charge is -2.28. The standard InChI is InChI=1S/C14H22N2O3/c1-2-3-4-7-15-14(19)16-12-10-6-5-9(8-10)11(12)13(17)18/h2-3,9-12H,4-8H2,1H3,(H,17,18)(H2,15,16,19)/b3-2+. The smallest absolute Gasteiger partial charge is 0.315 e. The Balaban J connectivity index is 1.84. The Morgan fingerprint density at radius 2 is 2.05 bits per heavy atom. The molecular weight excluding hydrogens is 244 g/mol. The predicted octanol–water partition coefficient (Wildman–Crippen LogP) is 1.75. The van der Waals surface area contributed by atoms with Crippen LogP contribution in [-0.4, -0.2) is 29.7 Å². The van der Waals surface area contributed by atoms with Gasteiger partial charge in [0.25, 0.3) is 0 Å². The number of fused-ring (bicyclic) bond motifs is 2. The topological polar surface area (TPSA) is 78.4 Å². The number of aliphatic carboxylic acids is 1. The minimum absolute atomic E-state index is 0.196. The number of carboxylic acids is 1. The van der Waals surface area contributed by atoms with Gasteiger partial charge in [0.2, 0.25) is 0 Å². The summed E-state index contributed by atoms with van der Waals surface area (Å²) in [4.78, 5) is 23.1. The van der Waals surface area contributed by atoms with Crippen molar-refractivity contribution in [1.29, 1.82) is 0 Å². The molecule has 2 aliphatic rings. The van der Waals surface area contributed by atoms with Crippen LogP contribution < -0.4 is 10.6 Å². The Morgan fingerprint density at radius 1 is 1.32 bits per heavy atom. The van der Waals surface area contributed by atoms with Crippen molar-refractivity contribution >= 4 is 12.0 Å². The van der Waals surface area contributed by atoms with Gasteiger partial charge < -0.3 is 15.7 Å². The molecule has 0 heterocycles. The summed E-state index contributed by atoms with van der Waals surface area (Å²) in [5.74, 6) is -0.588. The third-order valence-electron chi connectivity index (χ3n) is 4.33. The fraction of sp³-hybridized carbons (Fsp3) is 0.714. The Hall–Kier alpha value is -1.52. The highest BCUT2D eigenvalue weighted by Gasteiger charge is 2.51. The fourth-order valence-electron chi connectivity index (χ4n) is 3.49. The van der Waals surface area contributed by atoms with Crippen molar-refractivity contribution in [3.63, 3.8) is 0 Å². The number of hydrogen-bond acceptors (Lipinski definition) is 2. The first-order valence-electron chi connectivity index (χ1n) is 7.01. The molecule has 2 saturated carbocycles. The second-order valence-corrected chi connectivity index (χ2v) is 5.48. The zero-order valence-corrected chi connectivity index (χ0v) is 11.3. The maximum absolute atomic E-state index is 11.8. The molecule has 2 aliphatic carbocycles. The zero-order chi connectivity index (χ0) is 13.8. The van der Waals surface area contributed by atoms with E-state index >= 15 is 0 Å². The first-order valence-corrected chi connectivity index (χ1v) is 7.01. The summed E-state index contributed by atoms with van der Waals surface area (Å²) in [5, 5.41) is 14.9. The van der Waals surface area contributed by atoms with E-state index in [0.717, 1.165) is 25.7 Å². The summed E-state index contributed by atoms with van der Waals surface area (Å²) in [6.07, 6.45) is 7.69. The highest BCUT2D eigenvalue weighted by Crippen LogP contribution is 2.48. The molecule has 0 aromatic rings. The van der Waals surface area contributed by atoms with E-state index in [1.807, 2.05) is 19.1 Å². The average Bonchev–Trinajstić information content (AvgIpc) is 2.95. The normalized spacial score (nSPS) is 32.7. The number of carboxylic acid groups (broad SMARTS) is 1. The second kappa shape index (κ2) is 6.08. The lowest BCUT2D eigenvalue weighted by atomic mass is 9.84. The molecule has 0 aromatic carbocycles. The molecule has 2 amide bonds. The maximum Gasteiger partial charge on any atom is 0.315 e. The molecule has 0 radical (unpaired) electrons. The van der Waals surface area contributed by atoms with Gasteiger partial charge in [0.15, 0.2) is 0 Å². The van der Waals surface area contributed by atoms with Crippen LogP contribution in [-0.2, 0) is 4.79 Å². The van der Waals surface area contributed by atoms with Crippen LogP contribution in [0.2, 0.25) is 0 Å². The molecule has 3 N–H and O–H groups in total. The first-order chi connectivity index (χ1) is 9.13. The Kier molecular flexibility index (Phi) is 4.45. The van der Waals surface area contributed by atoms with Crippen LogP contribution in [0.15, 0.2) is 12.2 Å². The van der Waals surface area contributed by atoms with Gasteiger partial charge in [-0.1, -0.05) is 12.2 Å². The number of nitrogens with one attached hydrogen (secondary N) is 2. The molecule has 2 fully saturated rings. The summed E-state index contributed by atoms with van der Waals surface area (Å²) in [7, 11) is 0. The van der Waals surface area contributed by atoms with Crippen LogP contribution in [0.4, 0.5) is 4.79 Å². The fourth-order valence-corrected chi connectivity index (χ4v) is 3.49. The SMILES string of the molecule is C/C=C/CCNC(=O)NC1C2CCC(C2)C1C(=O)O. The number of rotatable bonds is 5. The molecule has 2 rings (SSSR count). The molecular formula is C14H22N2O3. The zero-order valence-electron chi connectivity index (χ0n) is 11.3. The van der Waals surface area contributed by atoms with E-state index in [0.29, 0.717) is 12.5 Å². The van der Waals surface area contributed by atoms with Crippen LogP contribution in [0, 0.1) is 17.8 Å². The third-order valence-corrected chi connectivity index (χ3v) is 4.33. The van der Waals surface area contributed by atoms with Crippen molar-refractivity contribution in [3.05, 3.63) is 12.2 Å². The van der Waals surface area contributed by atoms with Gasteiger partial charge >= 0.3 is 12.0 Å². The molecule has 0 saturated heterocycles. The summed E-state index contributed by atoms with van der Waals surface area (Å²) < 4.78 is 0. The molecule has 19 heavy (non-hydrogen) atoms. The minimum Gasteiger partial charge on any atom is -0.481 e. The molecule has 0 aromatic heterocycles. The molecule has 5 heteroatoms. The van der Waals surface area contributed by atoms with Crippen molar-refractivity contribution in [2.24, 2.45) is 17.8 Å². The minimum atomic E-state index is -0.772. The third kappa shape index (κ3) is 3.08. The number of allylic oxidation sites excluding steroid dienone is 1. The second-order valence-electron chi connectivity index (χ2n) is 5.48. The largest absolute Gasteiger partial charge is 0.481 e. The summed E-state index contributed by atoms with van der Waals surface area (Å²) in [5.41, 5.74) is 0. The van der Waals surface area contributed by atoms with Gasteiger partial charge in [0, 0.05) is 12.6 Å². The van der Waals surface area contributed by atoms with E-state index in [1.165, 1.54) is 0 Å². The van der Waals surface area contributed by atoms with Crippen LogP contribution in [0.3, 0.4) is 0 Å². The molecule has 4 atom stereocenters. The first kappa shape index (κ1) is 13.9. The number of carbonyl (C=O) groups is 2. The summed E-state index contributed by atoms with van der Waals surface area (Å²) in [6, 6.07) is -0.439. The van der Waals surface area contributed by atoms with Crippen molar-refractivity contribution in [1.82, 2.24) is 10.6 Å². The highest BCUT2D eigenvalue weighted by atomic mass is 16.4. The lowest BCUT2D eigenvalue weighted by Crippen LogP contribution is -2.50. The number of amides is 2. The van der Waals surface area contributed by atoms with Gasteiger partial charge in [-0.25, -0.2) is 4.79 Å². The van der Waals surface area contributed by atoms with Crippen molar-refractivity contribution in [2.45, 2.75) is 38.6 Å². The number of hydrogen-bond donors (Lipinski definition) is 3. The quantitative estimate of drug-likeness (QED) is 0.524. The Morgan fingerprint density at radius 3 is 2.74 bits per heavy atom. The molecule has 2 bridgehead atoms. The van der Waals surface area contributed by atoms with Gasteiger partial charge in [-0.2, -0.15) is 0 Å². The molecule has 4 unspecified atom stereocenters. The Labute approximate surface area is 113 Å². The average molecular weight is 266 g/mol. The van der Waals surface area contributed by atoms with E-state index in [9.17, 15) is 14.7 Å². The monoisotopic (exact) mass is 266 g/mol. The van der Waals surface area contributed by atoms with Crippen LogP contribution >= 0.6 is 0 Å². The predicted molar refractivity (Wildman–Crippen MR) is 71.7 cm³/mol. The summed E-state index contributed by atoms with van der Waals surface area (Å²) >= 11 is 0. The number of carbonyl (C=O) groups excluding carboxylic acids is 1. The maximum atomic E-state index is 11.8. The van der Waals surface area contributed by atoms with E-state index in [4.69, 9.17) is 0 Å². The lowest BCUT2D eigenvalue weighted by molar-refractivity contribution is -0.144. The van der Waals surface area contributed by atoms with E-state index in [1.54, 1.807) is 0 Å². The summed E-state index contributed by atoms with van der Waals surface area (Å²) in [6.45, 7) is 2.52. The van der Waals surface area contributed by atoms with Crippen molar-refractivity contribution in [2.75, 3.05) is 6.54 Å². The molecule has 0 aliphatic heterocycles. The molecule has 5 nitrogen and oxygen atoms in total. The van der Waals surface area contributed by atoms with E-state index < -0.39 is 11.9 Å². The van der Waals surface area contributed by atoms with Gasteiger partial charge in [-0.3, -0.25) is 4.79 Å². The molecule has 106 valence electrons. The van der Waals surface area contributed by atoms with E-state index in [-0.39, 0.29) is 18.0 Å². The number of urea groups is 1. The van der Waals surface area contributed by atoms with Crippen LogP contribution in [0.1, 0.15) is 32.6 Å². The van der Waals surface area contributed by atoms with Gasteiger partial charge in [0.1, 0.15) is 0 Å². The van der Waals surface area contributed by atoms with Crippen LogP contribution in [0.25, 0.3) is 0 Å². The highest BCUT2D eigenvalue weighted by molar-refractivity contribution is 5.77. The van der Waals surface area contributed by atoms with Gasteiger partial charge in [-0.05, 0) is 44.4 Å². The van der Waals surface area contributed by atoms with Crippen molar-refractivity contribution < 1.29 is 14.7 Å². The van der Waals surface area contributed by atoms with E-state index in [2.05, 4.69) is 10.6 Å². The van der Waals surface area contributed by atoms with Crippen molar-refractivity contribution in [3.8, 4) is 0 Å².